The van der Waals surface area contributed by atoms with Crippen molar-refractivity contribution in [1.82, 2.24) is 5.43 Å². The average Bonchev–Trinajstić information content (AvgIpc) is 3.33. The molecular weight excluding hydrogens is 396 g/mol. The number of fused-ring (bicyclic) bond motifs is 2. The molecule has 5 nitrogen and oxygen atoms in total. The number of nitrogens with one attached hydrogen (secondary N) is 1. The first kappa shape index (κ1) is 20.9. The van der Waals surface area contributed by atoms with E-state index in [1.807, 2.05) is 23.6 Å². The fourth-order valence-electron chi connectivity index (χ4n) is 4.22. The Balaban J connectivity index is 1.33. The summed E-state index contributed by atoms with van der Waals surface area (Å²) in [4.78, 5) is 14.0. The van der Waals surface area contributed by atoms with Gasteiger partial charge in [-0.3, -0.25) is 4.79 Å². The van der Waals surface area contributed by atoms with Crippen LogP contribution in [0.1, 0.15) is 60.5 Å². The molecule has 6 heteroatoms. The second-order valence-electron chi connectivity index (χ2n) is 9.44. The lowest BCUT2D eigenvalue weighted by Gasteiger charge is -2.33. The molecule has 4 rings (SSSR count). The van der Waals surface area contributed by atoms with Gasteiger partial charge in [-0.05, 0) is 66.2 Å². The van der Waals surface area contributed by atoms with Crippen molar-refractivity contribution < 1.29 is 14.3 Å². The average molecular weight is 427 g/mol. The minimum atomic E-state index is -0.103. The van der Waals surface area contributed by atoms with Crippen molar-refractivity contribution in [2.24, 2.45) is 22.4 Å². The summed E-state index contributed by atoms with van der Waals surface area (Å²) in [5, 5.41) is 6.22. The molecule has 2 aliphatic rings. The van der Waals surface area contributed by atoms with Gasteiger partial charge in [0.15, 0.2) is 11.5 Å². The van der Waals surface area contributed by atoms with E-state index >= 15 is 0 Å². The Kier molecular flexibility index (Phi) is 5.87. The highest BCUT2D eigenvalue weighted by atomic mass is 32.1. The molecule has 0 saturated carbocycles. The van der Waals surface area contributed by atoms with Crippen LogP contribution in [-0.2, 0) is 19.3 Å². The van der Waals surface area contributed by atoms with Crippen LogP contribution < -0.4 is 14.9 Å². The van der Waals surface area contributed by atoms with E-state index in [1.165, 1.54) is 10.4 Å². The number of carbonyl (C=O) groups is 1. The first-order valence-electron chi connectivity index (χ1n) is 10.6. The van der Waals surface area contributed by atoms with Crippen molar-refractivity contribution >= 4 is 23.5 Å². The van der Waals surface area contributed by atoms with Crippen LogP contribution in [-0.4, -0.2) is 18.9 Å². The van der Waals surface area contributed by atoms with Gasteiger partial charge in [0.2, 0.25) is 6.79 Å². The monoisotopic (exact) mass is 426 g/mol. The number of benzene rings is 1. The zero-order valence-corrected chi connectivity index (χ0v) is 19.0. The minimum Gasteiger partial charge on any atom is -0.454 e. The third-order valence-corrected chi connectivity index (χ3v) is 7.17. The van der Waals surface area contributed by atoms with E-state index in [0.29, 0.717) is 11.3 Å². The van der Waals surface area contributed by atoms with Gasteiger partial charge in [-0.15, -0.1) is 11.3 Å². The molecule has 0 radical (unpaired) electrons. The number of hydrogen-bond donors (Lipinski definition) is 1. The standard InChI is InChI=1S/C24H30N2O3S/c1-15(9-16-5-8-20-21(10-16)29-14-28-20)12-25-26-23(27)19-13-30-22-11-17(24(2,3)4)6-7-18(19)22/h5,8,10,12-13,15,17H,6-7,9,11,14H2,1-4H3,(H,26,27)/b25-12-. The van der Waals surface area contributed by atoms with Gasteiger partial charge in [0.1, 0.15) is 0 Å². The Hall–Kier alpha value is -2.34. The molecule has 0 fully saturated rings. The molecule has 30 heavy (non-hydrogen) atoms. The number of rotatable bonds is 5. The van der Waals surface area contributed by atoms with Crippen molar-refractivity contribution in [3.63, 3.8) is 0 Å². The Morgan fingerprint density at radius 1 is 1.33 bits per heavy atom. The van der Waals surface area contributed by atoms with Crippen molar-refractivity contribution in [3.05, 3.63) is 45.1 Å². The maximum atomic E-state index is 12.7. The summed E-state index contributed by atoms with van der Waals surface area (Å²) < 4.78 is 10.8. The summed E-state index contributed by atoms with van der Waals surface area (Å²) in [6.07, 6.45) is 5.82. The zero-order valence-electron chi connectivity index (χ0n) is 18.2. The van der Waals surface area contributed by atoms with Gasteiger partial charge < -0.3 is 9.47 Å². The van der Waals surface area contributed by atoms with Gasteiger partial charge in [-0.2, -0.15) is 5.10 Å². The van der Waals surface area contributed by atoms with E-state index in [1.54, 1.807) is 17.6 Å². The van der Waals surface area contributed by atoms with Crippen molar-refractivity contribution in [3.8, 4) is 11.5 Å². The SMILES string of the molecule is CC(/C=N\NC(=O)c1csc2c1CCC(C(C)(C)C)C2)Cc1ccc2c(c1)OCO2. The van der Waals surface area contributed by atoms with E-state index in [0.717, 1.165) is 48.3 Å². The molecule has 0 saturated heterocycles. The Morgan fingerprint density at radius 2 is 2.13 bits per heavy atom. The van der Waals surface area contributed by atoms with Crippen LogP contribution in [0.15, 0.2) is 28.7 Å². The van der Waals surface area contributed by atoms with Gasteiger partial charge in [0, 0.05) is 16.5 Å². The molecule has 1 aromatic heterocycles. The first-order valence-corrected chi connectivity index (χ1v) is 11.5. The summed E-state index contributed by atoms with van der Waals surface area (Å²) in [5.74, 6) is 2.35. The molecule has 2 atom stereocenters. The summed E-state index contributed by atoms with van der Waals surface area (Å²) in [7, 11) is 0. The van der Waals surface area contributed by atoms with Crippen molar-refractivity contribution in [2.45, 2.75) is 53.4 Å². The molecule has 2 unspecified atom stereocenters. The lowest BCUT2D eigenvalue weighted by molar-refractivity contribution is 0.0954. The van der Waals surface area contributed by atoms with E-state index in [4.69, 9.17) is 9.47 Å². The molecule has 1 amide bonds. The number of thiophene rings is 1. The summed E-state index contributed by atoms with van der Waals surface area (Å²) in [6.45, 7) is 9.29. The highest BCUT2D eigenvalue weighted by molar-refractivity contribution is 7.10. The largest absolute Gasteiger partial charge is 0.454 e. The van der Waals surface area contributed by atoms with Crippen molar-refractivity contribution in [2.75, 3.05) is 6.79 Å². The maximum Gasteiger partial charge on any atom is 0.272 e. The van der Waals surface area contributed by atoms with E-state index < -0.39 is 0 Å². The summed E-state index contributed by atoms with van der Waals surface area (Å²) >= 11 is 1.72. The lowest BCUT2D eigenvalue weighted by Crippen LogP contribution is -2.27. The van der Waals surface area contributed by atoms with E-state index in [2.05, 4.69) is 38.2 Å². The van der Waals surface area contributed by atoms with Gasteiger partial charge in [-0.1, -0.05) is 33.8 Å². The quantitative estimate of drug-likeness (QED) is 0.527. The highest BCUT2D eigenvalue weighted by Crippen LogP contribution is 2.40. The Labute approximate surface area is 182 Å². The lowest BCUT2D eigenvalue weighted by atomic mass is 9.72. The molecule has 0 bridgehead atoms. The van der Waals surface area contributed by atoms with Crippen LogP contribution in [0.3, 0.4) is 0 Å². The van der Waals surface area contributed by atoms with Gasteiger partial charge in [0.05, 0.1) is 5.56 Å². The van der Waals surface area contributed by atoms with E-state index in [9.17, 15) is 4.79 Å². The van der Waals surface area contributed by atoms with Crippen LogP contribution in [0, 0.1) is 17.3 Å². The Morgan fingerprint density at radius 3 is 2.93 bits per heavy atom. The minimum absolute atomic E-state index is 0.103. The van der Waals surface area contributed by atoms with Crippen LogP contribution in [0.4, 0.5) is 0 Å². The molecule has 1 aliphatic heterocycles. The molecule has 1 N–H and O–H groups in total. The molecule has 1 aliphatic carbocycles. The predicted molar refractivity (Wildman–Crippen MR) is 121 cm³/mol. The number of ether oxygens (including phenoxy) is 2. The number of hydrogen-bond acceptors (Lipinski definition) is 5. The molecule has 1 aromatic carbocycles. The summed E-state index contributed by atoms with van der Waals surface area (Å²) in [5.41, 5.74) is 6.21. The second kappa shape index (κ2) is 8.42. The van der Waals surface area contributed by atoms with Crippen LogP contribution in [0.2, 0.25) is 0 Å². The van der Waals surface area contributed by atoms with Crippen LogP contribution in [0.25, 0.3) is 0 Å². The molecule has 160 valence electrons. The molecular formula is C24H30N2O3S. The fourth-order valence-corrected chi connectivity index (χ4v) is 5.38. The fraction of sp³-hybridized carbons (Fsp3) is 0.500. The molecule has 0 spiro atoms. The highest BCUT2D eigenvalue weighted by Gasteiger charge is 2.31. The number of carbonyl (C=O) groups excluding carboxylic acids is 1. The third-order valence-electron chi connectivity index (χ3n) is 6.11. The smallest absolute Gasteiger partial charge is 0.272 e. The third kappa shape index (κ3) is 4.53. The number of hydrazone groups is 1. The van der Waals surface area contributed by atoms with Gasteiger partial charge in [-0.25, -0.2) is 5.43 Å². The Bertz CT molecular complexity index is 958. The number of nitrogens with zero attached hydrogens (tertiary/aromatic N) is 1. The predicted octanol–water partition coefficient (Wildman–Crippen LogP) is 5.22. The van der Waals surface area contributed by atoms with Gasteiger partial charge in [0.25, 0.3) is 5.91 Å². The molecule has 2 aromatic rings. The van der Waals surface area contributed by atoms with Crippen LogP contribution in [0.5, 0.6) is 11.5 Å². The number of amides is 1. The second-order valence-corrected chi connectivity index (χ2v) is 10.4. The normalized spacial score (nSPS) is 19.0. The molecule has 2 heterocycles. The van der Waals surface area contributed by atoms with E-state index in [-0.39, 0.29) is 18.6 Å². The zero-order chi connectivity index (χ0) is 21.3. The maximum absolute atomic E-state index is 12.7. The van der Waals surface area contributed by atoms with Gasteiger partial charge >= 0.3 is 0 Å². The first-order chi connectivity index (χ1) is 14.3. The topological polar surface area (TPSA) is 59.9 Å². The van der Waals surface area contributed by atoms with Crippen LogP contribution >= 0.6 is 11.3 Å². The van der Waals surface area contributed by atoms with Crippen molar-refractivity contribution in [1.29, 1.82) is 0 Å². The summed E-state index contributed by atoms with van der Waals surface area (Å²) in [6, 6.07) is 5.99.